The molecule has 0 unspecified atom stereocenters. The molecule has 0 radical (unpaired) electrons. The Balaban J connectivity index is 2.49. The molecule has 1 N–H and O–H groups in total. The summed E-state index contributed by atoms with van der Waals surface area (Å²) >= 11 is 5.82. The molecule has 1 aromatic heterocycles. The van der Waals surface area contributed by atoms with Crippen molar-refractivity contribution in [3.8, 4) is 11.3 Å². The zero-order valence-corrected chi connectivity index (χ0v) is 10.8. The number of carboxylic acids is 1. The van der Waals surface area contributed by atoms with E-state index >= 15 is 0 Å². The minimum absolute atomic E-state index is 0.00264. The molecule has 0 spiro atoms. The molecule has 0 aliphatic rings. The summed E-state index contributed by atoms with van der Waals surface area (Å²) in [4.78, 5) is 11.1. The van der Waals surface area contributed by atoms with E-state index in [2.05, 4.69) is 5.10 Å². The zero-order valence-electron chi connectivity index (χ0n) is 10.1. The molecule has 0 aliphatic heterocycles. The number of aromatic nitrogens is 2. The van der Waals surface area contributed by atoms with Crippen LogP contribution in [0.1, 0.15) is 30.4 Å². The van der Waals surface area contributed by atoms with Gasteiger partial charge in [0, 0.05) is 16.6 Å². The van der Waals surface area contributed by atoms with E-state index in [1.54, 1.807) is 18.2 Å². The second-order valence-electron chi connectivity index (χ2n) is 4.27. The standard InChI is InChI=1S/C13H13ClN2O2/c1-8(2)16-12(13(17)18)7-11(15-16)9-3-5-10(14)6-4-9/h3-8H,1-2H3,(H,17,18). The molecule has 0 atom stereocenters. The van der Waals surface area contributed by atoms with Crippen LogP contribution >= 0.6 is 11.6 Å². The molecular formula is C13H13ClN2O2. The van der Waals surface area contributed by atoms with Crippen molar-refractivity contribution in [3.05, 3.63) is 41.0 Å². The van der Waals surface area contributed by atoms with Crippen LogP contribution in [0.15, 0.2) is 30.3 Å². The Hall–Kier alpha value is -1.81. The molecule has 0 saturated heterocycles. The lowest BCUT2D eigenvalue weighted by atomic mass is 10.1. The van der Waals surface area contributed by atoms with Crippen molar-refractivity contribution >= 4 is 17.6 Å². The summed E-state index contributed by atoms with van der Waals surface area (Å²) in [5.74, 6) is -0.976. The van der Waals surface area contributed by atoms with E-state index in [4.69, 9.17) is 16.7 Å². The monoisotopic (exact) mass is 264 g/mol. The van der Waals surface area contributed by atoms with E-state index in [0.717, 1.165) is 5.56 Å². The number of benzene rings is 1. The van der Waals surface area contributed by atoms with Gasteiger partial charge in [0.1, 0.15) is 5.69 Å². The molecule has 5 heteroatoms. The van der Waals surface area contributed by atoms with Gasteiger partial charge in [0.2, 0.25) is 0 Å². The lowest BCUT2D eigenvalue weighted by Gasteiger charge is -2.07. The highest BCUT2D eigenvalue weighted by molar-refractivity contribution is 6.30. The summed E-state index contributed by atoms with van der Waals surface area (Å²) in [6, 6.07) is 8.72. The summed E-state index contributed by atoms with van der Waals surface area (Å²) in [5.41, 5.74) is 1.68. The van der Waals surface area contributed by atoms with Crippen molar-refractivity contribution < 1.29 is 9.90 Å². The van der Waals surface area contributed by atoms with Crippen LogP contribution in [0.2, 0.25) is 5.02 Å². The average molecular weight is 265 g/mol. The Labute approximate surface area is 110 Å². The van der Waals surface area contributed by atoms with Gasteiger partial charge in [-0.25, -0.2) is 4.79 Å². The molecular weight excluding hydrogens is 252 g/mol. The van der Waals surface area contributed by atoms with E-state index in [9.17, 15) is 4.79 Å². The van der Waals surface area contributed by atoms with E-state index in [1.165, 1.54) is 4.68 Å². The van der Waals surface area contributed by atoms with Crippen LogP contribution in [0, 0.1) is 0 Å². The Morgan fingerprint density at radius 2 is 1.94 bits per heavy atom. The van der Waals surface area contributed by atoms with Gasteiger partial charge < -0.3 is 5.11 Å². The molecule has 0 bridgehead atoms. The highest BCUT2D eigenvalue weighted by atomic mass is 35.5. The second kappa shape index (κ2) is 4.82. The number of hydrogen-bond donors (Lipinski definition) is 1. The third-order valence-corrected chi connectivity index (χ3v) is 2.84. The van der Waals surface area contributed by atoms with Gasteiger partial charge in [-0.05, 0) is 32.0 Å². The molecule has 1 heterocycles. The summed E-state index contributed by atoms with van der Waals surface area (Å²) in [6.07, 6.45) is 0. The lowest BCUT2D eigenvalue weighted by Crippen LogP contribution is -2.11. The van der Waals surface area contributed by atoms with Gasteiger partial charge in [0.05, 0.1) is 5.69 Å². The number of halogens is 1. The highest BCUT2D eigenvalue weighted by Gasteiger charge is 2.16. The first-order chi connectivity index (χ1) is 8.49. The molecule has 0 fully saturated rings. The van der Waals surface area contributed by atoms with Crippen molar-refractivity contribution in [1.29, 1.82) is 0 Å². The van der Waals surface area contributed by atoms with E-state index in [1.807, 2.05) is 26.0 Å². The number of nitrogens with zero attached hydrogens (tertiary/aromatic N) is 2. The van der Waals surface area contributed by atoms with Crippen LogP contribution in [0.4, 0.5) is 0 Å². The van der Waals surface area contributed by atoms with Crippen LogP contribution in [0.3, 0.4) is 0 Å². The van der Waals surface area contributed by atoms with Gasteiger partial charge in [0.15, 0.2) is 0 Å². The highest BCUT2D eigenvalue weighted by Crippen LogP contribution is 2.23. The van der Waals surface area contributed by atoms with Crippen LogP contribution in [-0.4, -0.2) is 20.9 Å². The minimum atomic E-state index is -0.976. The van der Waals surface area contributed by atoms with E-state index in [-0.39, 0.29) is 11.7 Å². The average Bonchev–Trinajstić information content (AvgIpc) is 2.75. The lowest BCUT2D eigenvalue weighted by molar-refractivity contribution is 0.0681. The largest absolute Gasteiger partial charge is 0.477 e. The van der Waals surface area contributed by atoms with Crippen molar-refractivity contribution in [2.45, 2.75) is 19.9 Å². The Morgan fingerprint density at radius 1 is 1.33 bits per heavy atom. The molecule has 4 nitrogen and oxygen atoms in total. The maximum atomic E-state index is 11.1. The summed E-state index contributed by atoms with van der Waals surface area (Å²) in [5, 5.41) is 14.1. The molecule has 0 saturated carbocycles. The van der Waals surface area contributed by atoms with Crippen LogP contribution < -0.4 is 0 Å². The van der Waals surface area contributed by atoms with Gasteiger partial charge in [-0.15, -0.1) is 0 Å². The minimum Gasteiger partial charge on any atom is -0.477 e. The maximum absolute atomic E-state index is 11.1. The predicted octanol–water partition coefficient (Wildman–Crippen LogP) is 3.48. The van der Waals surface area contributed by atoms with Crippen molar-refractivity contribution in [2.24, 2.45) is 0 Å². The topological polar surface area (TPSA) is 55.1 Å². The first-order valence-corrected chi connectivity index (χ1v) is 5.95. The fourth-order valence-electron chi connectivity index (χ4n) is 1.71. The molecule has 1 aromatic carbocycles. The van der Waals surface area contributed by atoms with Gasteiger partial charge >= 0.3 is 5.97 Å². The molecule has 0 aliphatic carbocycles. The Kier molecular flexibility index (Phi) is 3.39. The van der Waals surface area contributed by atoms with Crippen LogP contribution in [0.25, 0.3) is 11.3 Å². The fourth-order valence-corrected chi connectivity index (χ4v) is 1.84. The van der Waals surface area contributed by atoms with E-state index in [0.29, 0.717) is 10.7 Å². The SMILES string of the molecule is CC(C)n1nc(-c2ccc(Cl)cc2)cc1C(=O)O. The Morgan fingerprint density at radius 3 is 2.39 bits per heavy atom. The van der Waals surface area contributed by atoms with Crippen molar-refractivity contribution in [3.63, 3.8) is 0 Å². The summed E-state index contributed by atoms with van der Waals surface area (Å²) < 4.78 is 1.51. The summed E-state index contributed by atoms with van der Waals surface area (Å²) in [6.45, 7) is 3.79. The molecule has 2 aromatic rings. The maximum Gasteiger partial charge on any atom is 0.354 e. The van der Waals surface area contributed by atoms with E-state index < -0.39 is 5.97 Å². The first-order valence-electron chi connectivity index (χ1n) is 5.58. The third kappa shape index (κ3) is 2.38. The van der Waals surface area contributed by atoms with Gasteiger partial charge in [-0.1, -0.05) is 23.7 Å². The summed E-state index contributed by atoms with van der Waals surface area (Å²) in [7, 11) is 0. The first kappa shape index (κ1) is 12.6. The number of rotatable bonds is 3. The zero-order chi connectivity index (χ0) is 13.3. The number of hydrogen-bond acceptors (Lipinski definition) is 2. The predicted molar refractivity (Wildman–Crippen MR) is 70.0 cm³/mol. The third-order valence-electron chi connectivity index (χ3n) is 2.58. The molecule has 94 valence electrons. The van der Waals surface area contributed by atoms with Gasteiger partial charge in [-0.3, -0.25) is 4.68 Å². The molecule has 18 heavy (non-hydrogen) atoms. The normalized spacial score (nSPS) is 10.9. The molecule has 2 rings (SSSR count). The number of carboxylic acid groups (broad SMARTS) is 1. The molecule has 0 amide bonds. The smallest absolute Gasteiger partial charge is 0.354 e. The van der Waals surface area contributed by atoms with Crippen LogP contribution in [-0.2, 0) is 0 Å². The number of aromatic carboxylic acids is 1. The van der Waals surface area contributed by atoms with Gasteiger partial charge in [-0.2, -0.15) is 5.10 Å². The second-order valence-corrected chi connectivity index (χ2v) is 4.70. The Bertz CT molecular complexity index is 573. The van der Waals surface area contributed by atoms with Crippen LogP contribution in [0.5, 0.6) is 0 Å². The quantitative estimate of drug-likeness (QED) is 0.923. The van der Waals surface area contributed by atoms with Gasteiger partial charge in [0.25, 0.3) is 0 Å². The van der Waals surface area contributed by atoms with Crippen molar-refractivity contribution in [2.75, 3.05) is 0 Å². The fraction of sp³-hybridized carbons (Fsp3) is 0.231. The van der Waals surface area contributed by atoms with Crippen molar-refractivity contribution in [1.82, 2.24) is 9.78 Å². The number of carbonyl (C=O) groups is 1.